The summed E-state index contributed by atoms with van der Waals surface area (Å²) in [7, 11) is 0. The first-order valence-corrected chi connectivity index (χ1v) is 9.02. The van der Waals surface area contributed by atoms with Crippen molar-refractivity contribution in [3.8, 4) is 11.1 Å². The molecule has 0 saturated heterocycles. The average Bonchev–Trinajstić information content (AvgIpc) is 3.01. The molecule has 3 aromatic rings. The maximum atomic E-state index is 6.36. The third kappa shape index (κ3) is 3.08. The van der Waals surface area contributed by atoms with Crippen molar-refractivity contribution in [3.05, 3.63) is 40.8 Å². The van der Waals surface area contributed by atoms with E-state index in [4.69, 9.17) is 23.2 Å². The number of pyridine rings is 2. The first-order chi connectivity index (χ1) is 11.7. The number of hydrogen-bond acceptors (Lipinski definition) is 3. The highest BCUT2D eigenvalue weighted by atomic mass is 35.5. The molecule has 0 unspecified atom stereocenters. The van der Waals surface area contributed by atoms with Crippen LogP contribution < -0.4 is 5.32 Å². The second-order valence-corrected chi connectivity index (χ2v) is 7.06. The number of nitrogens with one attached hydrogen (secondary N) is 2. The molecule has 4 nitrogen and oxygen atoms in total. The molecule has 0 radical (unpaired) electrons. The van der Waals surface area contributed by atoms with Gasteiger partial charge >= 0.3 is 0 Å². The van der Waals surface area contributed by atoms with Crippen LogP contribution in [0.1, 0.15) is 32.1 Å². The molecule has 124 valence electrons. The minimum absolute atomic E-state index is 0.472. The van der Waals surface area contributed by atoms with Gasteiger partial charge in [-0.3, -0.25) is 0 Å². The van der Waals surface area contributed by atoms with Gasteiger partial charge in [-0.25, -0.2) is 9.97 Å². The number of hydrogen-bond donors (Lipinski definition) is 2. The third-order valence-corrected chi connectivity index (χ3v) is 5.09. The minimum Gasteiger partial charge on any atom is -0.367 e. The zero-order chi connectivity index (χ0) is 16.5. The molecule has 1 fully saturated rings. The fraction of sp³-hybridized carbons (Fsp3) is 0.333. The number of rotatable bonds is 3. The quantitative estimate of drug-likeness (QED) is 0.591. The van der Waals surface area contributed by atoms with Crippen molar-refractivity contribution in [1.82, 2.24) is 15.0 Å². The van der Waals surface area contributed by atoms with E-state index in [-0.39, 0.29) is 0 Å². The van der Waals surface area contributed by atoms with Crippen LogP contribution in [0.15, 0.2) is 30.6 Å². The van der Waals surface area contributed by atoms with E-state index < -0.39 is 0 Å². The highest BCUT2D eigenvalue weighted by molar-refractivity contribution is 6.36. The van der Waals surface area contributed by atoms with E-state index in [1.807, 2.05) is 18.3 Å². The topological polar surface area (TPSA) is 53.6 Å². The van der Waals surface area contributed by atoms with Gasteiger partial charge in [0.2, 0.25) is 0 Å². The molecule has 6 heteroatoms. The third-order valence-electron chi connectivity index (χ3n) is 4.58. The van der Waals surface area contributed by atoms with Gasteiger partial charge < -0.3 is 10.3 Å². The highest BCUT2D eigenvalue weighted by Crippen LogP contribution is 2.35. The lowest BCUT2D eigenvalue weighted by molar-refractivity contribution is 0.462. The Balaban J connectivity index is 1.72. The molecule has 3 heterocycles. The summed E-state index contributed by atoms with van der Waals surface area (Å²) in [5.41, 5.74) is 2.74. The minimum atomic E-state index is 0.472. The standard InChI is InChI=1S/C18H18Cl2N4/c19-14-6-7-21-18-17(14)13(10-22-18)11-8-15(20)24-16(9-11)23-12-4-2-1-3-5-12/h6-10,12H,1-5H2,(H,21,22)(H,23,24). The van der Waals surface area contributed by atoms with Gasteiger partial charge in [0, 0.05) is 29.4 Å². The van der Waals surface area contributed by atoms with Crippen molar-refractivity contribution < 1.29 is 0 Å². The Morgan fingerprint density at radius 3 is 2.79 bits per heavy atom. The molecule has 0 aliphatic heterocycles. The number of fused-ring (bicyclic) bond motifs is 1. The van der Waals surface area contributed by atoms with Gasteiger partial charge in [-0.1, -0.05) is 42.5 Å². The fourth-order valence-corrected chi connectivity index (χ4v) is 3.88. The van der Waals surface area contributed by atoms with Crippen molar-refractivity contribution in [2.24, 2.45) is 0 Å². The fourth-order valence-electron chi connectivity index (χ4n) is 3.43. The lowest BCUT2D eigenvalue weighted by Crippen LogP contribution is -2.22. The monoisotopic (exact) mass is 360 g/mol. The SMILES string of the molecule is Clc1cc(-c2c[nH]c3nccc(Cl)c23)cc(NC2CCCCC2)n1. The summed E-state index contributed by atoms with van der Waals surface area (Å²) in [6, 6.07) is 6.17. The normalized spacial score (nSPS) is 15.8. The molecule has 1 aliphatic rings. The number of aromatic nitrogens is 3. The summed E-state index contributed by atoms with van der Waals surface area (Å²) in [5, 5.41) is 5.58. The summed E-state index contributed by atoms with van der Waals surface area (Å²) < 4.78 is 0. The zero-order valence-corrected chi connectivity index (χ0v) is 14.7. The van der Waals surface area contributed by atoms with Crippen LogP contribution in [-0.4, -0.2) is 21.0 Å². The van der Waals surface area contributed by atoms with E-state index in [0.29, 0.717) is 16.2 Å². The molecule has 3 aromatic heterocycles. The van der Waals surface area contributed by atoms with E-state index in [9.17, 15) is 0 Å². The Morgan fingerprint density at radius 1 is 1.12 bits per heavy atom. The predicted octanol–water partition coefficient (Wildman–Crippen LogP) is 5.68. The molecule has 0 amide bonds. The smallest absolute Gasteiger partial charge is 0.139 e. The van der Waals surface area contributed by atoms with Crippen LogP contribution in [0.25, 0.3) is 22.2 Å². The van der Waals surface area contributed by atoms with Gasteiger partial charge in [0.05, 0.1) is 5.02 Å². The van der Waals surface area contributed by atoms with Gasteiger partial charge in [0.15, 0.2) is 0 Å². The van der Waals surface area contributed by atoms with Gasteiger partial charge in [-0.15, -0.1) is 0 Å². The van der Waals surface area contributed by atoms with Crippen LogP contribution in [0.2, 0.25) is 10.2 Å². The maximum Gasteiger partial charge on any atom is 0.139 e. The molecular weight excluding hydrogens is 343 g/mol. The van der Waals surface area contributed by atoms with E-state index in [1.165, 1.54) is 32.1 Å². The predicted molar refractivity (Wildman–Crippen MR) is 99.8 cm³/mol. The van der Waals surface area contributed by atoms with Gasteiger partial charge in [-0.2, -0.15) is 0 Å². The number of halogens is 2. The number of anilines is 1. The zero-order valence-electron chi connectivity index (χ0n) is 13.1. The Bertz CT molecular complexity index is 869. The van der Waals surface area contributed by atoms with Crippen molar-refractivity contribution in [3.63, 3.8) is 0 Å². The molecule has 1 aliphatic carbocycles. The lowest BCUT2D eigenvalue weighted by Gasteiger charge is -2.23. The van der Waals surface area contributed by atoms with Crippen molar-refractivity contribution in [2.75, 3.05) is 5.32 Å². The highest BCUT2D eigenvalue weighted by Gasteiger charge is 2.16. The molecular formula is C18H18Cl2N4. The first kappa shape index (κ1) is 15.7. The van der Waals surface area contributed by atoms with E-state index in [0.717, 1.165) is 28.0 Å². The van der Waals surface area contributed by atoms with Crippen LogP contribution in [0.3, 0.4) is 0 Å². The van der Waals surface area contributed by atoms with Gasteiger partial charge in [0.25, 0.3) is 0 Å². The lowest BCUT2D eigenvalue weighted by atomic mass is 9.95. The van der Waals surface area contributed by atoms with E-state index in [1.54, 1.807) is 12.3 Å². The second kappa shape index (κ2) is 6.61. The summed E-state index contributed by atoms with van der Waals surface area (Å²) >= 11 is 12.6. The molecule has 2 N–H and O–H groups in total. The Labute approximate surface area is 150 Å². The second-order valence-electron chi connectivity index (χ2n) is 6.26. The summed E-state index contributed by atoms with van der Waals surface area (Å²) in [6.07, 6.45) is 9.86. The van der Waals surface area contributed by atoms with Crippen molar-refractivity contribution in [2.45, 2.75) is 38.1 Å². The molecule has 0 atom stereocenters. The van der Waals surface area contributed by atoms with Crippen molar-refractivity contribution in [1.29, 1.82) is 0 Å². The molecule has 0 aromatic carbocycles. The Morgan fingerprint density at radius 2 is 1.96 bits per heavy atom. The van der Waals surface area contributed by atoms with Crippen LogP contribution in [0, 0.1) is 0 Å². The summed E-state index contributed by atoms with van der Waals surface area (Å²) in [5.74, 6) is 0.818. The van der Waals surface area contributed by atoms with Gasteiger partial charge in [-0.05, 0) is 36.6 Å². The Kier molecular flexibility index (Phi) is 4.33. The van der Waals surface area contributed by atoms with Crippen LogP contribution in [0.4, 0.5) is 5.82 Å². The van der Waals surface area contributed by atoms with Crippen LogP contribution in [-0.2, 0) is 0 Å². The number of aromatic amines is 1. The molecule has 0 bridgehead atoms. The van der Waals surface area contributed by atoms with Crippen LogP contribution in [0.5, 0.6) is 0 Å². The Hall–Kier alpha value is -1.78. The van der Waals surface area contributed by atoms with E-state index in [2.05, 4.69) is 20.3 Å². The molecule has 24 heavy (non-hydrogen) atoms. The molecule has 0 spiro atoms. The van der Waals surface area contributed by atoms with Crippen molar-refractivity contribution >= 4 is 40.1 Å². The number of H-pyrrole nitrogens is 1. The first-order valence-electron chi connectivity index (χ1n) is 8.27. The average molecular weight is 361 g/mol. The molecule has 1 saturated carbocycles. The van der Waals surface area contributed by atoms with Gasteiger partial charge in [0.1, 0.15) is 16.6 Å². The maximum absolute atomic E-state index is 6.36. The largest absolute Gasteiger partial charge is 0.367 e. The number of nitrogens with zero attached hydrogens (tertiary/aromatic N) is 2. The van der Waals surface area contributed by atoms with E-state index >= 15 is 0 Å². The van der Waals surface area contributed by atoms with Crippen LogP contribution >= 0.6 is 23.2 Å². The summed E-state index contributed by atoms with van der Waals surface area (Å²) in [6.45, 7) is 0. The summed E-state index contributed by atoms with van der Waals surface area (Å²) in [4.78, 5) is 11.9. The molecule has 4 rings (SSSR count).